The van der Waals surface area contributed by atoms with Crippen molar-refractivity contribution in [2.24, 2.45) is 0 Å². The van der Waals surface area contributed by atoms with E-state index in [-0.39, 0.29) is 0 Å². The van der Waals surface area contributed by atoms with Crippen molar-refractivity contribution >= 4 is 23.4 Å². The quantitative estimate of drug-likeness (QED) is 0.855. The lowest BCUT2D eigenvalue weighted by Gasteiger charge is -2.30. The summed E-state index contributed by atoms with van der Waals surface area (Å²) in [6.45, 7) is 2.31. The maximum absolute atomic E-state index is 6.09. The van der Waals surface area contributed by atoms with Gasteiger partial charge in [0.15, 0.2) is 0 Å². The molecular weight excluding hydrogens is 238 g/mol. The van der Waals surface area contributed by atoms with Crippen LogP contribution in [0.5, 0.6) is 0 Å². The van der Waals surface area contributed by atoms with Crippen LogP contribution in [0.15, 0.2) is 23.1 Å². The third-order valence-electron chi connectivity index (χ3n) is 3.26. The van der Waals surface area contributed by atoms with Crippen LogP contribution >= 0.6 is 23.4 Å². The monoisotopic (exact) mass is 253 g/mol. The molecule has 0 saturated heterocycles. The van der Waals surface area contributed by atoms with Gasteiger partial charge in [0.2, 0.25) is 0 Å². The molecule has 0 amide bonds. The first-order chi connectivity index (χ1) is 7.72. The molecule has 1 aliphatic heterocycles. The Bertz CT molecular complexity index is 403. The lowest BCUT2D eigenvalue weighted by Crippen LogP contribution is -2.28. The molecule has 0 aromatic heterocycles. The summed E-state index contributed by atoms with van der Waals surface area (Å²) in [6.07, 6.45) is 3.90. The molecule has 0 radical (unpaired) electrons. The van der Waals surface area contributed by atoms with E-state index >= 15 is 0 Å². The van der Waals surface area contributed by atoms with Crippen LogP contribution in [0.2, 0.25) is 5.02 Å². The third-order valence-corrected chi connectivity index (χ3v) is 4.71. The van der Waals surface area contributed by atoms with Gasteiger partial charge in [-0.05, 0) is 43.0 Å². The largest absolute Gasteiger partial charge is 0.307 e. The Morgan fingerprint density at radius 1 is 1.38 bits per heavy atom. The van der Waals surface area contributed by atoms with Gasteiger partial charge in [-0.1, -0.05) is 18.5 Å². The molecule has 2 aliphatic rings. The fraction of sp³-hybridized carbons (Fsp3) is 0.538. The number of rotatable bonds is 2. The average molecular weight is 254 g/mol. The molecular formula is C13H16ClNS. The Kier molecular flexibility index (Phi) is 2.90. The predicted molar refractivity (Wildman–Crippen MR) is 70.3 cm³/mol. The first-order valence-corrected chi connectivity index (χ1v) is 7.20. The van der Waals surface area contributed by atoms with Crippen LogP contribution in [0.3, 0.4) is 0 Å². The lowest BCUT2D eigenvalue weighted by atomic mass is 10.0. The van der Waals surface area contributed by atoms with Crippen LogP contribution in [0.4, 0.5) is 0 Å². The molecule has 3 heteroatoms. The zero-order valence-electron chi connectivity index (χ0n) is 9.37. The molecule has 2 unspecified atom stereocenters. The number of fused-ring (bicyclic) bond motifs is 1. The number of benzene rings is 1. The van der Waals surface area contributed by atoms with Gasteiger partial charge in [0.05, 0.1) is 0 Å². The minimum absolute atomic E-state index is 0.512. The normalized spacial score (nSPS) is 28.9. The Balaban J connectivity index is 1.91. The van der Waals surface area contributed by atoms with Crippen molar-refractivity contribution in [1.82, 2.24) is 5.32 Å². The Morgan fingerprint density at radius 2 is 2.19 bits per heavy atom. The molecule has 1 nitrogen and oxygen atoms in total. The maximum Gasteiger partial charge on any atom is 0.0410 e. The molecule has 1 aromatic carbocycles. The standard InChI is InChI=1S/C13H16ClNS/c1-8-6-12(15-10-3-4-10)11-7-9(14)2-5-13(11)16-8/h2,5,7-8,10,12,15H,3-4,6H2,1H3. The van der Waals surface area contributed by atoms with Gasteiger partial charge in [-0.15, -0.1) is 11.8 Å². The highest BCUT2D eigenvalue weighted by molar-refractivity contribution is 8.00. The number of nitrogens with one attached hydrogen (secondary N) is 1. The molecule has 2 atom stereocenters. The van der Waals surface area contributed by atoms with E-state index in [0.717, 1.165) is 11.1 Å². The molecule has 0 spiro atoms. The SMILES string of the molecule is CC1CC(NC2CC2)c2cc(Cl)ccc2S1. The molecule has 1 fully saturated rings. The Hall–Kier alpha value is -0.180. The zero-order chi connectivity index (χ0) is 11.1. The highest BCUT2D eigenvalue weighted by Gasteiger charge is 2.30. The van der Waals surface area contributed by atoms with Gasteiger partial charge >= 0.3 is 0 Å². The second kappa shape index (κ2) is 4.25. The lowest BCUT2D eigenvalue weighted by molar-refractivity contribution is 0.483. The molecule has 1 aromatic rings. The molecule has 1 heterocycles. The van der Waals surface area contributed by atoms with Gasteiger partial charge in [0.1, 0.15) is 0 Å². The number of halogens is 1. The second-order valence-electron chi connectivity index (χ2n) is 4.84. The van der Waals surface area contributed by atoms with E-state index in [1.807, 2.05) is 17.8 Å². The van der Waals surface area contributed by atoms with E-state index in [4.69, 9.17) is 11.6 Å². The van der Waals surface area contributed by atoms with Crippen LogP contribution in [0.25, 0.3) is 0 Å². The molecule has 0 bridgehead atoms. The first kappa shape index (κ1) is 10.9. The van der Waals surface area contributed by atoms with Crippen molar-refractivity contribution in [3.8, 4) is 0 Å². The van der Waals surface area contributed by atoms with Crippen LogP contribution in [-0.4, -0.2) is 11.3 Å². The van der Waals surface area contributed by atoms with E-state index in [2.05, 4.69) is 24.4 Å². The summed E-state index contributed by atoms with van der Waals surface area (Å²) in [5.74, 6) is 0. The van der Waals surface area contributed by atoms with Crippen molar-refractivity contribution in [3.05, 3.63) is 28.8 Å². The Morgan fingerprint density at radius 3 is 2.94 bits per heavy atom. The summed E-state index contributed by atoms with van der Waals surface area (Å²) in [5.41, 5.74) is 1.41. The predicted octanol–water partition coefficient (Wildman–Crippen LogP) is 4.02. The van der Waals surface area contributed by atoms with E-state index in [0.29, 0.717) is 11.3 Å². The van der Waals surface area contributed by atoms with Crippen LogP contribution < -0.4 is 5.32 Å². The molecule has 1 N–H and O–H groups in total. The van der Waals surface area contributed by atoms with E-state index in [1.165, 1.54) is 29.7 Å². The topological polar surface area (TPSA) is 12.0 Å². The zero-order valence-corrected chi connectivity index (χ0v) is 10.9. The van der Waals surface area contributed by atoms with E-state index in [9.17, 15) is 0 Å². The molecule has 16 heavy (non-hydrogen) atoms. The highest BCUT2D eigenvalue weighted by Crippen LogP contribution is 2.42. The molecule has 3 rings (SSSR count). The molecule has 1 saturated carbocycles. The van der Waals surface area contributed by atoms with E-state index < -0.39 is 0 Å². The second-order valence-corrected chi connectivity index (χ2v) is 6.76. The summed E-state index contributed by atoms with van der Waals surface area (Å²) in [4.78, 5) is 1.40. The summed E-state index contributed by atoms with van der Waals surface area (Å²) in [5, 5.41) is 5.29. The summed E-state index contributed by atoms with van der Waals surface area (Å²) in [6, 6.07) is 7.57. The van der Waals surface area contributed by atoms with Crippen molar-refractivity contribution < 1.29 is 0 Å². The van der Waals surface area contributed by atoms with Crippen molar-refractivity contribution in [2.45, 2.75) is 48.4 Å². The third kappa shape index (κ3) is 2.24. The minimum Gasteiger partial charge on any atom is -0.307 e. The number of thioether (sulfide) groups is 1. The molecule has 1 aliphatic carbocycles. The van der Waals surface area contributed by atoms with Crippen molar-refractivity contribution in [1.29, 1.82) is 0 Å². The van der Waals surface area contributed by atoms with Gasteiger partial charge in [0.25, 0.3) is 0 Å². The van der Waals surface area contributed by atoms with Crippen LogP contribution in [-0.2, 0) is 0 Å². The van der Waals surface area contributed by atoms with Gasteiger partial charge < -0.3 is 5.32 Å². The van der Waals surface area contributed by atoms with Gasteiger partial charge in [-0.2, -0.15) is 0 Å². The summed E-state index contributed by atoms with van der Waals surface area (Å²) >= 11 is 8.07. The molecule has 86 valence electrons. The fourth-order valence-corrected chi connectivity index (χ4v) is 3.70. The summed E-state index contributed by atoms with van der Waals surface area (Å²) < 4.78 is 0. The summed E-state index contributed by atoms with van der Waals surface area (Å²) in [7, 11) is 0. The smallest absolute Gasteiger partial charge is 0.0410 e. The number of hydrogen-bond acceptors (Lipinski definition) is 2. The van der Waals surface area contributed by atoms with Crippen LogP contribution in [0, 0.1) is 0 Å². The van der Waals surface area contributed by atoms with Gasteiger partial charge in [0, 0.05) is 27.3 Å². The van der Waals surface area contributed by atoms with E-state index in [1.54, 1.807) is 0 Å². The maximum atomic E-state index is 6.09. The number of hydrogen-bond donors (Lipinski definition) is 1. The highest BCUT2D eigenvalue weighted by atomic mass is 35.5. The first-order valence-electron chi connectivity index (χ1n) is 5.94. The van der Waals surface area contributed by atoms with Gasteiger partial charge in [-0.3, -0.25) is 0 Å². The Labute approximate surface area is 106 Å². The average Bonchev–Trinajstić information content (AvgIpc) is 3.03. The fourth-order valence-electron chi connectivity index (χ4n) is 2.32. The van der Waals surface area contributed by atoms with Crippen LogP contribution in [0.1, 0.15) is 37.8 Å². The minimum atomic E-state index is 0.512. The van der Waals surface area contributed by atoms with Gasteiger partial charge in [-0.25, -0.2) is 0 Å². The van der Waals surface area contributed by atoms with Crippen molar-refractivity contribution in [2.75, 3.05) is 0 Å². The van der Waals surface area contributed by atoms with Crippen molar-refractivity contribution in [3.63, 3.8) is 0 Å².